The number of rotatable bonds is 7. The minimum absolute atomic E-state index is 0.0644. The first-order chi connectivity index (χ1) is 13.0. The molecule has 0 heterocycles. The van der Waals surface area contributed by atoms with E-state index in [1.165, 1.54) is 0 Å². The molecule has 0 aliphatic carbocycles. The first kappa shape index (κ1) is 20.6. The zero-order chi connectivity index (χ0) is 19.8. The van der Waals surface area contributed by atoms with Gasteiger partial charge in [0.1, 0.15) is 6.10 Å². The van der Waals surface area contributed by atoms with Crippen LogP contribution < -0.4 is 10.2 Å². The Bertz CT molecular complexity index is 811. The molecule has 1 N–H and O–H groups in total. The number of hydrogen-bond donors (Lipinski definition) is 1. The molecule has 0 saturated carbocycles. The molecule has 0 spiro atoms. The molecule has 0 bridgehead atoms. The molecule has 0 aliphatic rings. The van der Waals surface area contributed by atoms with Gasteiger partial charge in [-0.15, -0.1) is 0 Å². The van der Waals surface area contributed by atoms with Crippen molar-refractivity contribution in [1.82, 2.24) is 0 Å². The molecular weight excluding hydrogens is 362 g/mol. The number of ether oxygens (including phenoxy) is 1. The maximum absolute atomic E-state index is 12.3. The van der Waals surface area contributed by atoms with Crippen molar-refractivity contribution in [3.05, 3.63) is 58.6 Å². The summed E-state index contributed by atoms with van der Waals surface area (Å²) in [6.07, 6.45) is -1.18. The van der Waals surface area contributed by atoms with Crippen molar-refractivity contribution in [2.75, 3.05) is 23.3 Å². The largest absolute Gasteiger partial charge is 0.440 e. The Kier molecular flexibility index (Phi) is 7.51. The Morgan fingerprint density at radius 1 is 1.22 bits per heavy atom. The predicted molar refractivity (Wildman–Crippen MR) is 109 cm³/mol. The highest BCUT2D eigenvalue weighted by atomic mass is 35.5. The summed E-state index contributed by atoms with van der Waals surface area (Å²) in [7, 11) is 0. The van der Waals surface area contributed by atoms with E-state index in [9.17, 15) is 4.79 Å². The number of carbonyl (C=O) groups excluding carboxylic acids is 1. The van der Waals surface area contributed by atoms with E-state index in [1.807, 2.05) is 25.1 Å². The van der Waals surface area contributed by atoms with Gasteiger partial charge >= 0.3 is 6.09 Å². The minimum Gasteiger partial charge on any atom is -0.440 e. The quantitative estimate of drug-likeness (QED) is 0.664. The maximum atomic E-state index is 12.3. The molecule has 1 unspecified atom stereocenters. The van der Waals surface area contributed by atoms with Gasteiger partial charge in [0, 0.05) is 29.5 Å². The van der Waals surface area contributed by atoms with Gasteiger partial charge in [-0.05, 0) is 62.2 Å². The molecule has 1 amide bonds. The molecule has 5 nitrogen and oxygen atoms in total. The average molecular weight is 386 g/mol. The van der Waals surface area contributed by atoms with Gasteiger partial charge in [0.2, 0.25) is 0 Å². The number of nitrogens with zero attached hydrogens (tertiary/aromatic N) is 2. The Morgan fingerprint density at radius 3 is 2.44 bits per heavy atom. The molecule has 2 rings (SSSR count). The standard InChI is InChI=1S/C21H24ClN3O2/c1-4-25(5-2)18-10-11-19(15(3)14-18)24-21(26)27-20(12-13-23)16-6-8-17(22)9-7-16/h6-11,14,20H,4-5,12H2,1-3H3,(H,24,26). The fourth-order valence-electron chi connectivity index (χ4n) is 2.83. The molecule has 0 saturated heterocycles. The van der Waals surface area contributed by atoms with Gasteiger partial charge in [0.05, 0.1) is 12.5 Å². The molecule has 1 atom stereocenters. The van der Waals surface area contributed by atoms with Crippen LogP contribution in [0.5, 0.6) is 0 Å². The third-order valence-electron chi connectivity index (χ3n) is 4.34. The Morgan fingerprint density at radius 2 is 1.89 bits per heavy atom. The van der Waals surface area contributed by atoms with Crippen molar-refractivity contribution in [3.63, 3.8) is 0 Å². The van der Waals surface area contributed by atoms with Gasteiger partial charge in [0.15, 0.2) is 0 Å². The zero-order valence-corrected chi connectivity index (χ0v) is 16.6. The number of anilines is 2. The van der Waals surface area contributed by atoms with Crippen molar-refractivity contribution in [2.45, 2.75) is 33.3 Å². The molecule has 142 valence electrons. The van der Waals surface area contributed by atoms with Crippen molar-refractivity contribution in [1.29, 1.82) is 5.26 Å². The number of amides is 1. The topological polar surface area (TPSA) is 65.4 Å². The summed E-state index contributed by atoms with van der Waals surface area (Å²) >= 11 is 5.89. The normalized spacial score (nSPS) is 11.4. The zero-order valence-electron chi connectivity index (χ0n) is 15.8. The first-order valence-corrected chi connectivity index (χ1v) is 9.31. The lowest BCUT2D eigenvalue weighted by atomic mass is 10.1. The van der Waals surface area contributed by atoms with E-state index < -0.39 is 12.2 Å². The number of aryl methyl sites for hydroxylation is 1. The lowest BCUT2D eigenvalue weighted by Crippen LogP contribution is -2.22. The van der Waals surface area contributed by atoms with Gasteiger partial charge in [-0.2, -0.15) is 5.26 Å². The maximum Gasteiger partial charge on any atom is 0.412 e. The van der Waals surface area contributed by atoms with Gasteiger partial charge < -0.3 is 9.64 Å². The van der Waals surface area contributed by atoms with E-state index >= 15 is 0 Å². The summed E-state index contributed by atoms with van der Waals surface area (Å²) in [6, 6.07) is 14.8. The molecule has 0 radical (unpaired) electrons. The van der Waals surface area contributed by atoms with Crippen LogP contribution in [0.25, 0.3) is 0 Å². The highest BCUT2D eigenvalue weighted by molar-refractivity contribution is 6.30. The smallest absolute Gasteiger partial charge is 0.412 e. The first-order valence-electron chi connectivity index (χ1n) is 8.94. The highest BCUT2D eigenvalue weighted by Crippen LogP contribution is 2.26. The highest BCUT2D eigenvalue weighted by Gasteiger charge is 2.17. The van der Waals surface area contributed by atoms with Crippen LogP contribution >= 0.6 is 11.6 Å². The second-order valence-corrected chi connectivity index (χ2v) is 6.54. The fraction of sp³-hybridized carbons (Fsp3) is 0.333. The lowest BCUT2D eigenvalue weighted by molar-refractivity contribution is 0.113. The molecule has 0 fully saturated rings. The number of benzene rings is 2. The van der Waals surface area contributed by atoms with E-state index in [1.54, 1.807) is 24.3 Å². The monoisotopic (exact) mass is 385 g/mol. The van der Waals surface area contributed by atoms with Gasteiger partial charge in [-0.1, -0.05) is 23.7 Å². The third-order valence-corrected chi connectivity index (χ3v) is 4.60. The number of hydrogen-bond acceptors (Lipinski definition) is 4. The van der Waals surface area contributed by atoms with Crippen LogP contribution in [0.3, 0.4) is 0 Å². The van der Waals surface area contributed by atoms with E-state index in [0.29, 0.717) is 10.7 Å². The summed E-state index contributed by atoms with van der Waals surface area (Å²) < 4.78 is 5.47. The molecule has 27 heavy (non-hydrogen) atoms. The number of carbonyl (C=O) groups is 1. The Hall–Kier alpha value is -2.71. The molecule has 0 aromatic heterocycles. The Balaban J connectivity index is 2.09. The third kappa shape index (κ3) is 5.63. The van der Waals surface area contributed by atoms with E-state index in [2.05, 4.69) is 30.1 Å². The molecule has 6 heteroatoms. The van der Waals surface area contributed by atoms with Crippen molar-refractivity contribution < 1.29 is 9.53 Å². The van der Waals surface area contributed by atoms with Crippen LogP contribution in [-0.2, 0) is 4.74 Å². The minimum atomic E-state index is -0.650. The summed E-state index contributed by atoms with van der Waals surface area (Å²) in [4.78, 5) is 14.6. The molecule has 2 aromatic rings. The van der Waals surface area contributed by atoms with Crippen molar-refractivity contribution >= 4 is 29.1 Å². The van der Waals surface area contributed by atoms with Gasteiger partial charge in [0.25, 0.3) is 0 Å². The fourth-order valence-corrected chi connectivity index (χ4v) is 2.96. The van der Waals surface area contributed by atoms with E-state index in [-0.39, 0.29) is 6.42 Å². The average Bonchev–Trinajstić information content (AvgIpc) is 2.65. The second-order valence-electron chi connectivity index (χ2n) is 6.10. The molecular formula is C21H24ClN3O2. The summed E-state index contributed by atoms with van der Waals surface area (Å²) in [5.74, 6) is 0. The van der Waals surface area contributed by atoms with Gasteiger partial charge in [-0.3, -0.25) is 5.32 Å². The van der Waals surface area contributed by atoms with Gasteiger partial charge in [-0.25, -0.2) is 4.79 Å². The predicted octanol–water partition coefficient (Wildman–Crippen LogP) is 5.70. The lowest BCUT2D eigenvalue weighted by Gasteiger charge is -2.22. The summed E-state index contributed by atoms with van der Waals surface area (Å²) in [5, 5.41) is 12.4. The number of halogens is 1. The van der Waals surface area contributed by atoms with Crippen LogP contribution in [0.15, 0.2) is 42.5 Å². The van der Waals surface area contributed by atoms with Crippen LogP contribution in [0.1, 0.15) is 37.5 Å². The second kappa shape index (κ2) is 9.84. The van der Waals surface area contributed by atoms with E-state index in [4.69, 9.17) is 21.6 Å². The van der Waals surface area contributed by atoms with Crippen LogP contribution in [0, 0.1) is 18.3 Å². The summed E-state index contributed by atoms with van der Waals surface area (Å²) in [5.41, 5.74) is 3.46. The summed E-state index contributed by atoms with van der Waals surface area (Å²) in [6.45, 7) is 7.99. The van der Waals surface area contributed by atoms with Crippen LogP contribution in [0.4, 0.5) is 16.2 Å². The Labute approximate surface area is 165 Å². The number of nitriles is 1. The SMILES string of the molecule is CCN(CC)c1ccc(NC(=O)OC(CC#N)c2ccc(Cl)cc2)c(C)c1. The van der Waals surface area contributed by atoms with Crippen LogP contribution in [-0.4, -0.2) is 19.2 Å². The van der Waals surface area contributed by atoms with E-state index in [0.717, 1.165) is 29.9 Å². The molecule has 0 aliphatic heterocycles. The van der Waals surface area contributed by atoms with Crippen molar-refractivity contribution in [2.24, 2.45) is 0 Å². The molecule has 2 aromatic carbocycles. The van der Waals surface area contributed by atoms with Crippen molar-refractivity contribution in [3.8, 4) is 6.07 Å². The van der Waals surface area contributed by atoms with Crippen LogP contribution in [0.2, 0.25) is 5.02 Å². The number of nitrogens with one attached hydrogen (secondary N) is 1.